The van der Waals surface area contributed by atoms with E-state index in [1.54, 1.807) is 7.11 Å². The first-order valence-corrected chi connectivity index (χ1v) is 5.11. The lowest BCUT2D eigenvalue weighted by molar-refractivity contribution is 0.0894. The zero-order valence-corrected chi connectivity index (χ0v) is 9.43. The number of methoxy groups -OCH3 is 1. The van der Waals surface area contributed by atoms with E-state index in [9.17, 15) is 9.90 Å². The summed E-state index contributed by atoms with van der Waals surface area (Å²) in [6.45, 7) is 2.43. The fraction of sp³-hybridized carbons (Fsp3) is 0.455. The molecule has 0 spiro atoms. The fourth-order valence-electron chi connectivity index (χ4n) is 1.28. The van der Waals surface area contributed by atoms with E-state index < -0.39 is 0 Å². The molecule has 0 fully saturated rings. The van der Waals surface area contributed by atoms with Gasteiger partial charge in [-0.3, -0.25) is 9.78 Å². The minimum atomic E-state index is -0.257. The third kappa shape index (κ3) is 3.51. The lowest BCUT2D eigenvalue weighted by Crippen LogP contribution is -2.37. The molecule has 1 rings (SSSR count). The number of aromatic hydroxyl groups is 1. The maximum Gasteiger partial charge on any atom is 0.253 e. The highest BCUT2D eigenvalue weighted by atomic mass is 16.5. The molecular weight excluding hydrogens is 208 g/mol. The standard InChI is InChI=1S/C11H16N2O3/c1-3-9(7-16-2)13-11(15)8-4-10(14)6-12-5-8/h4-6,9,14H,3,7H2,1-2H3,(H,13,15). The maximum absolute atomic E-state index is 11.7. The molecule has 16 heavy (non-hydrogen) atoms. The van der Waals surface area contributed by atoms with Crippen molar-refractivity contribution in [3.05, 3.63) is 24.0 Å². The van der Waals surface area contributed by atoms with E-state index in [0.717, 1.165) is 6.42 Å². The summed E-state index contributed by atoms with van der Waals surface area (Å²) in [4.78, 5) is 15.5. The van der Waals surface area contributed by atoms with E-state index in [-0.39, 0.29) is 17.7 Å². The van der Waals surface area contributed by atoms with Crippen LogP contribution in [0.25, 0.3) is 0 Å². The van der Waals surface area contributed by atoms with E-state index in [1.165, 1.54) is 18.5 Å². The van der Waals surface area contributed by atoms with Crippen LogP contribution in [0.5, 0.6) is 5.75 Å². The molecule has 0 bridgehead atoms. The van der Waals surface area contributed by atoms with Crippen molar-refractivity contribution in [1.82, 2.24) is 10.3 Å². The third-order valence-electron chi connectivity index (χ3n) is 2.18. The van der Waals surface area contributed by atoms with Crippen LogP contribution in [0.4, 0.5) is 0 Å². The van der Waals surface area contributed by atoms with Crippen LogP contribution in [0.15, 0.2) is 18.5 Å². The van der Waals surface area contributed by atoms with E-state index >= 15 is 0 Å². The number of amides is 1. The van der Waals surface area contributed by atoms with Crippen molar-refractivity contribution in [2.24, 2.45) is 0 Å². The Kier molecular flexibility index (Phi) is 4.72. The van der Waals surface area contributed by atoms with Gasteiger partial charge in [0.15, 0.2) is 0 Å². The van der Waals surface area contributed by atoms with Crippen LogP contribution in [0, 0.1) is 0 Å². The Labute approximate surface area is 94.5 Å². The molecule has 0 saturated heterocycles. The van der Waals surface area contributed by atoms with Crippen LogP contribution in [0.2, 0.25) is 0 Å². The smallest absolute Gasteiger partial charge is 0.253 e. The molecule has 0 aliphatic heterocycles. The summed E-state index contributed by atoms with van der Waals surface area (Å²) in [7, 11) is 1.59. The molecule has 1 amide bonds. The third-order valence-corrected chi connectivity index (χ3v) is 2.18. The highest BCUT2D eigenvalue weighted by Gasteiger charge is 2.12. The number of carbonyl (C=O) groups excluding carboxylic acids is 1. The predicted molar refractivity (Wildman–Crippen MR) is 59.3 cm³/mol. The molecule has 1 atom stereocenters. The summed E-state index contributed by atoms with van der Waals surface area (Å²) in [5.41, 5.74) is 0.342. The number of ether oxygens (including phenoxy) is 1. The Morgan fingerprint density at radius 3 is 2.94 bits per heavy atom. The van der Waals surface area contributed by atoms with Crippen LogP contribution in [0.3, 0.4) is 0 Å². The van der Waals surface area contributed by atoms with Crippen LogP contribution in [0.1, 0.15) is 23.7 Å². The number of hydrogen-bond acceptors (Lipinski definition) is 4. The van der Waals surface area contributed by atoms with Gasteiger partial charge in [-0.1, -0.05) is 6.92 Å². The van der Waals surface area contributed by atoms with E-state index in [1.807, 2.05) is 6.92 Å². The van der Waals surface area contributed by atoms with Gasteiger partial charge in [0.1, 0.15) is 5.75 Å². The summed E-state index contributed by atoms with van der Waals surface area (Å²) >= 11 is 0. The largest absolute Gasteiger partial charge is 0.506 e. The molecule has 2 N–H and O–H groups in total. The van der Waals surface area contributed by atoms with Crippen molar-refractivity contribution in [3.63, 3.8) is 0 Å². The Morgan fingerprint density at radius 1 is 1.62 bits per heavy atom. The average molecular weight is 224 g/mol. The fourth-order valence-corrected chi connectivity index (χ4v) is 1.28. The lowest BCUT2D eigenvalue weighted by Gasteiger charge is -2.15. The number of hydrogen-bond donors (Lipinski definition) is 2. The molecule has 1 aromatic heterocycles. The molecule has 5 nitrogen and oxygen atoms in total. The highest BCUT2D eigenvalue weighted by Crippen LogP contribution is 2.08. The van der Waals surface area contributed by atoms with Crippen LogP contribution in [-0.2, 0) is 4.74 Å². The number of rotatable bonds is 5. The quantitative estimate of drug-likeness (QED) is 0.780. The second kappa shape index (κ2) is 6.07. The second-order valence-corrected chi connectivity index (χ2v) is 3.47. The molecular formula is C11H16N2O3. The zero-order chi connectivity index (χ0) is 12.0. The number of carbonyl (C=O) groups is 1. The van der Waals surface area contributed by atoms with Crippen molar-refractivity contribution in [3.8, 4) is 5.75 Å². The first-order valence-electron chi connectivity index (χ1n) is 5.11. The average Bonchev–Trinajstić information content (AvgIpc) is 2.28. The van der Waals surface area contributed by atoms with E-state index in [0.29, 0.717) is 12.2 Å². The number of nitrogens with one attached hydrogen (secondary N) is 1. The Morgan fingerprint density at radius 2 is 2.38 bits per heavy atom. The van der Waals surface area contributed by atoms with Crippen LogP contribution in [-0.4, -0.2) is 35.8 Å². The van der Waals surface area contributed by atoms with Gasteiger partial charge in [0, 0.05) is 13.3 Å². The van der Waals surface area contributed by atoms with Gasteiger partial charge in [-0.05, 0) is 12.5 Å². The summed E-state index contributed by atoms with van der Waals surface area (Å²) < 4.78 is 4.98. The maximum atomic E-state index is 11.7. The van der Waals surface area contributed by atoms with Crippen molar-refractivity contribution < 1.29 is 14.6 Å². The van der Waals surface area contributed by atoms with Gasteiger partial charge in [0.2, 0.25) is 0 Å². The molecule has 88 valence electrons. The van der Waals surface area contributed by atoms with Crippen molar-refractivity contribution in [1.29, 1.82) is 0 Å². The number of nitrogens with zero attached hydrogens (tertiary/aromatic N) is 1. The van der Waals surface area contributed by atoms with Gasteiger partial charge in [0.05, 0.1) is 24.4 Å². The molecule has 1 unspecified atom stereocenters. The van der Waals surface area contributed by atoms with Gasteiger partial charge in [-0.25, -0.2) is 0 Å². The topological polar surface area (TPSA) is 71.5 Å². The summed E-state index contributed by atoms with van der Waals surface area (Å²) in [5.74, 6) is -0.278. The highest BCUT2D eigenvalue weighted by molar-refractivity contribution is 5.94. The Hall–Kier alpha value is -1.62. The summed E-state index contributed by atoms with van der Waals surface area (Å²) in [6.07, 6.45) is 3.48. The normalized spacial score (nSPS) is 12.1. The second-order valence-electron chi connectivity index (χ2n) is 3.47. The monoisotopic (exact) mass is 224 g/mol. The van der Waals surface area contributed by atoms with Crippen molar-refractivity contribution in [2.75, 3.05) is 13.7 Å². The van der Waals surface area contributed by atoms with Gasteiger partial charge < -0.3 is 15.2 Å². The molecule has 0 saturated carbocycles. The first kappa shape index (κ1) is 12.4. The minimum absolute atomic E-state index is 0.0209. The Balaban J connectivity index is 2.64. The molecule has 1 heterocycles. The van der Waals surface area contributed by atoms with Crippen molar-refractivity contribution in [2.45, 2.75) is 19.4 Å². The molecule has 5 heteroatoms. The Bertz CT molecular complexity index is 355. The van der Waals surface area contributed by atoms with Gasteiger partial charge in [-0.2, -0.15) is 0 Å². The van der Waals surface area contributed by atoms with Crippen LogP contribution < -0.4 is 5.32 Å². The molecule has 0 aliphatic carbocycles. The van der Waals surface area contributed by atoms with Crippen LogP contribution >= 0.6 is 0 Å². The first-order chi connectivity index (χ1) is 7.67. The zero-order valence-electron chi connectivity index (χ0n) is 9.43. The van der Waals surface area contributed by atoms with Gasteiger partial charge in [-0.15, -0.1) is 0 Å². The lowest BCUT2D eigenvalue weighted by atomic mass is 10.2. The van der Waals surface area contributed by atoms with E-state index in [4.69, 9.17) is 4.74 Å². The SMILES string of the molecule is CCC(COC)NC(=O)c1cncc(O)c1. The van der Waals surface area contributed by atoms with E-state index in [2.05, 4.69) is 10.3 Å². The summed E-state index contributed by atoms with van der Waals surface area (Å²) in [5, 5.41) is 12.0. The molecule has 1 aromatic rings. The van der Waals surface area contributed by atoms with Gasteiger partial charge >= 0.3 is 0 Å². The molecule has 0 radical (unpaired) electrons. The molecule has 0 aliphatic rings. The van der Waals surface area contributed by atoms with Crippen molar-refractivity contribution >= 4 is 5.91 Å². The number of pyridine rings is 1. The number of aromatic nitrogens is 1. The minimum Gasteiger partial charge on any atom is -0.506 e. The summed E-state index contributed by atoms with van der Waals surface area (Å²) in [6, 6.07) is 1.35. The van der Waals surface area contributed by atoms with Gasteiger partial charge in [0.25, 0.3) is 5.91 Å². The molecule has 0 aromatic carbocycles. The predicted octanol–water partition coefficient (Wildman–Crippen LogP) is 0.942.